The number of aliphatic hydroxyl groups is 1. The van der Waals surface area contributed by atoms with Crippen LogP contribution in [0.2, 0.25) is 0 Å². The quantitative estimate of drug-likeness (QED) is 0.624. The normalized spacial score (nSPS) is 21.7. The molecule has 2 aliphatic rings. The minimum absolute atomic E-state index is 0.0899. The highest BCUT2D eigenvalue weighted by Gasteiger charge is 2.45. The van der Waals surface area contributed by atoms with Crippen LogP contribution in [0.15, 0.2) is 18.6 Å². The van der Waals surface area contributed by atoms with Crippen LogP contribution in [-0.4, -0.2) is 72.6 Å². The van der Waals surface area contributed by atoms with E-state index in [9.17, 15) is 14.7 Å². The number of nitrogens with zero attached hydrogens (tertiary/aromatic N) is 6. The molecule has 3 heterocycles. The van der Waals surface area contributed by atoms with E-state index in [0.717, 1.165) is 18.5 Å². The Balaban J connectivity index is 1.50. The van der Waals surface area contributed by atoms with Crippen molar-refractivity contribution in [2.75, 3.05) is 13.7 Å². The summed E-state index contributed by atoms with van der Waals surface area (Å²) in [5.41, 5.74) is 0.949. The van der Waals surface area contributed by atoms with Gasteiger partial charge >= 0.3 is 0 Å². The molecule has 0 radical (unpaired) electrons. The number of hydrogen-bond acceptors (Lipinski definition) is 8. The van der Waals surface area contributed by atoms with Crippen LogP contribution >= 0.6 is 0 Å². The topological polar surface area (TPSA) is 135 Å². The Bertz CT molecular complexity index is 1010. The third-order valence-electron chi connectivity index (χ3n) is 6.02. The third-order valence-corrected chi connectivity index (χ3v) is 6.02. The maximum Gasteiger partial charge on any atom is 0.248 e. The first-order valence-electron chi connectivity index (χ1n) is 11.2. The van der Waals surface area contributed by atoms with Gasteiger partial charge in [-0.1, -0.05) is 26.0 Å². The van der Waals surface area contributed by atoms with Crippen molar-refractivity contribution >= 4 is 11.8 Å². The number of likely N-dealkylation sites (tertiary alicyclic amines) is 1. The van der Waals surface area contributed by atoms with E-state index in [2.05, 4.69) is 25.6 Å². The molecule has 1 saturated heterocycles. The highest BCUT2D eigenvalue weighted by Crippen LogP contribution is 2.40. The summed E-state index contributed by atoms with van der Waals surface area (Å²) in [5.74, 6) is 0.157. The maximum atomic E-state index is 13.7. The van der Waals surface area contributed by atoms with Gasteiger partial charge in [0.15, 0.2) is 0 Å². The van der Waals surface area contributed by atoms with E-state index in [0.29, 0.717) is 17.5 Å². The van der Waals surface area contributed by atoms with Gasteiger partial charge in [-0.05, 0) is 18.3 Å². The lowest BCUT2D eigenvalue weighted by Gasteiger charge is -2.34. The van der Waals surface area contributed by atoms with Crippen LogP contribution in [0.1, 0.15) is 63.4 Å². The van der Waals surface area contributed by atoms with Crippen LogP contribution in [0.25, 0.3) is 0 Å². The molecule has 4 rings (SSSR count). The number of ether oxygens (including phenoxy) is 1. The number of β-amino-alcohol motifs (C(OH)–C–C–N with tert-alkyl or cyclic N) is 1. The smallest absolute Gasteiger partial charge is 0.248 e. The van der Waals surface area contributed by atoms with Gasteiger partial charge in [-0.25, -0.2) is 9.67 Å². The summed E-state index contributed by atoms with van der Waals surface area (Å²) in [6.45, 7) is 6.09. The Morgan fingerprint density at radius 3 is 2.73 bits per heavy atom. The number of carbonyl (C=O) groups excluding carboxylic acids is 2. The van der Waals surface area contributed by atoms with Crippen LogP contribution in [0, 0.1) is 5.41 Å². The standard InChI is InChI=1S/C22H31N7O4/c1-22(2,3)19(29-12-16(26-27-29)13-5-6-13)21(32)28-11-15(30)7-17(28)20(31)24-9-14-8-23-10-18(25-14)33-4/h8,10,12-13,15,17,19,30H,5-7,9,11H2,1-4H3,(H,24,31)/t15?,17?,19-/m1/s1. The van der Waals surface area contributed by atoms with E-state index in [1.54, 1.807) is 4.68 Å². The van der Waals surface area contributed by atoms with Gasteiger partial charge in [0.1, 0.15) is 12.1 Å². The molecular formula is C22H31N7O4. The SMILES string of the molecule is COc1cncc(CNC(=O)C2CC(O)CN2C(=O)[C@@H](n2cc(C3CC3)nn2)C(C)(C)C)n1. The Kier molecular flexibility index (Phi) is 6.33. The fourth-order valence-corrected chi connectivity index (χ4v) is 4.19. The van der Waals surface area contributed by atoms with E-state index in [1.165, 1.54) is 24.4 Å². The summed E-state index contributed by atoms with van der Waals surface area (Å²) in [7, 11) is 1.49. The van der Waals surface area contributed by atoms with E-state index >= 15 is 0 Å². The van der Waals surface area contributed by atoms with Gasteiger partial charge in [0, 0.05) is 25.1 Å². The highest BCUT2D eigenvalue weighted by molar-refractivity contribution is 5.90. The van der Waals surface area contributed by atoms with Crippen LogP contribution in [0.5, 0.6) is 5.88 Å². The molecule has 2 aromatic heterocycles. The zero-order valence-electron chi connectivity index (χ0n) is 19.4. The van der Waals surface area contributed by atoms with E-state index < -0.39 is 23.6 Å². The molecule has 2 amide bonds. The number of aliphatic hydroxyl groups excluding tert-OH is 1. The van der Waals surface area contributed by atoms with Crippen molar-refractivity contribution < 1.29 is 19.4 Å². The number of hydrogen-bond donors (Lipinski definition) is 2. The van der Waals surface area contributed by atoms with Gasteiger partial charge in [-0.3, -0.25) is 14.6 Å². The number of aromatic nitrogens is 5. The van der Waals surface area contributed by atoms with Gasteiger partial charge in [-0.2, -0.15) is 0 Å². The van der Waals surface area contributed by atoms with Gasteiger partial charge < -0.3 is 20.1 Å². The largest absolute Gasteiger partial charge is 0.480 e. The van der Waals surface area contributed by atoms with Crippen molar-refractivity contribution in [2.45, 2.75) is 70.7 Å². The summed E-state index contributed by atoms with van der Waals surface area (Å²) >= 11 is 0. The lowest BCUT2D eigenvalue weighted by atomic mass is 9.85. The minimum Gasteiger partial charge on any atom is -0.480 e. The Labute approximate surface area is 192 Å². The molecule has 33 heavy (non-hydrogen) atoms. The van der Waals surface area contributed by atoms with E-state index in [4.69, 9.17) is 4.74 Å². The summed E-state index contributed by atoms with van der Waals surface area (Å²) in [6, 6.07) is -1.44. The molecule has 11 nitrogen and oxygen atoms in total. The summed E-state index contributed by atoms with van der Waals surface area (Å²) < 4.78 is 6.67. The third kappa shape index (κ3) is 5.13. The number of amides is 2. The lowest BCUT2D eigenvalue weighted by molar-refractivity contribution is -0.144. The number of rotatable bonds is 7. The zero-order chi connectivity index (χ0) is 23.8. The van der Waals surface area contributed by atoms with Crippen LogP contribution < -0.4 is 10.1 Å². The predicted octanol–water partition coefficient (Wildman–Crippen LogP) is 0.820. The van der Waals surface area contributed by atoms with Crippen LogP contribution in [0.3, 0.4) is 0 Å². The molecule has 2 fully saturated rings. The van der Waals surface area contributed by atoms with Gasteiger partial charge in [-0.15, -0.1) is 5.10 Å². The second-order valence-corrected chi connectivity index (χ2v) is 9.83. The van der Waals surface area contributed by atoms with Gasteiger partial charge in [0.05, 0.1) is 43.5 Å². The average molecular weight is 458 g/mol. The first-order chi connectivity index (χ1) is 15.7. The Morgan fingerprint density at radius 1 is 1.30 bits per heavy atom. The fourth-order valence-electron chi connectivity index (χ4n) is 4.19. The number of nitrogens with one attached hydrogen (secondary N) is 1. The summed E-state index contributed by atoms with van der Waals surface area (Å²) in [6.07, 6.45) is 6.42. The highest BCUT2D eigenvalue weighted by atomic mass is 16.5. The van der Waals surface area contributed by atoms with Gasteiger partial charge in [0.2, 0.25) is 17.7 Å². The molecule has 1 aliphatic carbocycles. The zero-order valence-corrected chi connectivity index (χ0v) is 19.4. The van der Waals surface area contributed by atoms with Gasteiger partial charge in [0.25, 0.3) is 0 Å². The second-order valence-electron chi connectivity index (χ2n) is 9.83. The number of methoxy groups -OCH3 is 1. The van der Waals surface area contributed by atoms with E-state index in [-0.39, 0.29) is 31.3 Å². The molecule has 0 aromatic carbocycles. The average Bonchev–Trinajstić information content (AvgIpc) is 3.38. The Morgan fingerprint density at radius 2 is 2.06 bits per heavy atom. The summed E-state index contributed by atoms with van der Waals surface area (Å²) in [4.78, 5) is 36.5. The number of carbonyl (C=O) groups is 2. The fraction of sp³-hybridized carbons (Fsp3) is 0.636. The molecule has 2 unspecified atom stereocenters. The molecule has 178 valence electrons. The molecule has 1 saturated carbocycles. The van der Waals surface area contributed by atoms with Crippen LogP contribution in [0.4, 0.5) is 0 Å². The molecule has 0 bridgehead atoms. The molecule has 2 N–H and O–H groups in total. The maximum absolute atomic E-state index is 13.7. The Hall–Kier alpha value is -3.08. The minimum atomic E-state index is -0.789. The monoisotopic (exact) mass is 457 g/mol. The van der Waals surface area contributed by atoms with Crippen LogP contribution in [-0.2, 0) is 16.1 Å². The van der Waals surface area contributed by atoms with Crippen molar-refractivity contribution in [3.63, 3.8) is 0 Å². The second kappa shape index (κ2) is 9.05. The van der Waals surface area contributed by atoms with Crippen molar-refractivity contribution in [3.05, 3.63) is 30.0 Å². The van der Waals surface area contributed by atoms with Crippen molar-refractivity contribution in [2.24, 2.45) is 5.41 Å². The molecule has 2 aromatic rings. The first-order valence-corrected chi connectivity index (χ1v) is 11.2. The first kappa shape index (κ1) is 23.1. The lowest BCUT2D eigenvalue weighted by Crippen LogP contribution is -2.50. The molecule has 1 aliphatic heterocycles. The van der Waals surface area contributed by atoms with Crippen molar-refractivity contribution in [1.82, 2.24) is 35.2 Å². The van der Waals surface area contributed by atoms with Crippen molar-refractivity contribution in [3.8, 4) is 5.88 Å². The van der Waals surface area contributed by atoms with Crippen molar-refractivity contribution in [1.29, 1.82) is 0 Å². The molecule has 0 spiro atoms. The molecule has 3 atom stereocenters. The van der Waals surface area contributed by atoms with E-state index in [1.807, 2.05) is 27.0 Å². The predicted molar refractivity (Wildman–Crippen MR) is 117 cm³/mol. The molecular weight excluding hydrogens is 426 g/mol. The summed E-state index contributed by atoms with van der Waals surface area (Å²) in [5, 5.41) is 21.6. The molecule has 11 heteroatoms.